The van der Waals surface area contributed by atoms with E-state index in [0.717, 1.165) is 16.3 Å². The van der Waals surface area contributed by atoms with Gasteiger partial charge in [-0.15, -0.1) is 0 Å². The number of carbonyl (C=O) groups is 1. The first-order valence-electron chi connectivity index (χ1n) is 7.97. The molecule has 0 fully saturated rings. The van der Waals surface area contributed by atoms with Gasteiger partial charge in [0, 0.05) is 11.6 Å². The lowest BCUT2D eigenvalue weighted by Gasteiger charge is -2.00. The molecule has 0 saturated heterocycles. The Morgan fingerprint density at radius 2 is 1.81 bits per heavy atom. The predicted molar refractivity (Wildman–Crippen MR) is 103 cm³/mol. The van der Waals surface area contributed by atoms with Gasteiger partial charge in [-0.05, 0) is 40.6 Å². The molecule has 1 heterocycles. The normalized spacial score (nSPS) is 15.1. The summed E-state index contributed by atoms with van der Waals surface area (Å²) in [6.45, 7) is 0. The first kappa shape index (κ1) is 16.9. The van der Waals surface area contributed by atoms with Crippen molar-refractivity contribution in [1.82, 2.24) is 0 Å². The van der Waals surface area contributed by atoms with Crippen LogP contribution in [0.15, 0.2) is 71.4 Å². The average molecular weight is 379 g/mol. The van der Waals surface area contributed by atoms with Crippen molar-refractivity contribution < 1.29 is 14.5 Å². The molecule has 0 amide bonds. The van der Waals surface area contributed by atoms with Gasteiger partial charge in [-0.2, -0.15) is 0 Å². The first-order valence-corrected chi connectivity index (χ1v) is 8.35. The Bertz CT molecular complexity index is 1170. The van der Waals surface area contributed by atoms with Gasteiger partial charge in [0.15, 0.2) is 5.70 Å². The van der Waals surface area contributed by atoms with Crippen LogP contribution in [0.3, 0.4) is 0 Å². The number of rotatable bonds is 3. The molecule has 0 spiro atoms. The van der Waals surface area contributed by atoms with Gasteiger partial charge in [-0.25, -0.2) is 9.79 Å². The summed E-state index contributed by atoms with van der Waals surface area (Å²) in [5.41, 5.74) is 0.951. The molecular weight excluding hydrogens is 368 g/mol. The third-order valence-corrected chi connectivity index (χ3v) is 4.41. The zero-order valence-electron chi connectivity index (χ0n) is 13.8. The second-order valence-electron chi connectivity index (χ2n) is 5.87. The number of cyclic esters (lactones) is 1. The summed E-state index contributed by atoms with van der Waals surface area (Å²) >= 11 is 5.81. The van der Waals surface area contributed by atoms with Crippen molar-refractivity contribution in [3.05, 3.63) is 92.6 Å². The summed E-state index contributed by atoms with van der Waals surface area (Å²) in [6.07, 6.45) is 1.62. The van der Waals surface area contributed by atoms with E-state index in [0.29, 0.717) is 5.56 Å². The van der Waals surface area contributed by atoms with Crippen LogP contribution in [0.5, 0.6) is 0 Å². The van der Waals surface area contributed by atoms with Crippen molar-refractivity contribution >= 4 is 46.0 Å². The number of nitrogens with zero attached hydrogens (tertiary/aromatic N) is 2. The van der Waals surface area contributed by atoms with Crippen molar-refractivity contribution in [3.63, 3.8) is 0 Å². The SMILES string of the molecule is O=C1OC(c2ccc(Cl)c([N+](=O)[O-])c2)=NC1=Cc1ccc2ccccc2c1. The highest BCUT2D eigenvalue weighted by Crippen LogP contribution is 2.28. The fourth-order valence-electron chi connectivity index (χ4n) is 2.77. The van der Waals surface area contributed by atoms with Crippen LogP contribution in [-0.2, 0) is 9.53 Å². The van der Waals surface area contributed by atoms with E-state index in [4.69, 9.17) is 16.3 Å². The molecule has 0 aromatic heterocycles. The number of carbonyl (C=O) groups excluding carboxylic acids is 1. The van der Waals surface area contributed by atoms with Gasteiger partial charge >= 0.3 is 5.97 Å². The van der Waals surface area contributed by atoms with Gasteiger partial charge in [0.2, 0.25) is 5.90 Å². The average Bonchev–Trinajstić information content (AvgIpc) is 3.02. The number of nitro benzene ring substituents is 1. The molecule has 0 bridgehead atoms. The lowest BCUT2D eigenvalue weighted by molar-refractivity contribution is -0.384. The van der Waals surface area contributed by atoms with Crippen LogP contribution in [0.2, 0.25) is 5.02 Å². The third-order valence-electron chi connectivity index (χ3n) is 4.09. The van der Waals surface area contributed by atoms with Crippen LogP contribution in [0.1, 0.15) is 11.1 Å². The molecule has 132 valence electrons. The maximum absolute atomic E-state index is 12.1. The van der Waals surface area contributed by atoms with Crippen LogP contribution in [0.25, 0.3) is 16.8 Å². The van der Waals surface area contributed by atoms with E-state index in [1.165, 1.54) is 18.2 Å². The summed E-state index contributed by atoms with van der Waals surface area (Å²) in [5, 5.41) is 13.2. The van der Waals surface area contributed by atoms with Crippen molar-refractivity contribution in [2.45, 2.75) is 0 Å². The summed E-state index contributed by atoms with van der Waals surface area (Å²) < 4.78 is 5.17. The lowest BCUT2D eigenvalue weighted by Crippen LogP contribution is -2.06. The number of esters is 1. The quantitative estimate of drug-likeness (QED) is 0.285. The summed E-state index contributed by atoms with van der Waals surface area (Å²) in [4.78, 5) is 26.8. The largest absolute Gasteiger partial charge is 0.402 e. The number of hydrogen-bond acceptors (Lipinski definition) is 5. The van der Waals surface area contributed by atoms with E-state index < -0.39 is 10.9 Å². The summed E-state index contributed by atoms with van der Waals surface area (Å²) in [5.74, 6) is -0.609. The van der Waals surface area contributed by atoms with Gasteiger partial charge in [-0.1, -0.05) is 48.0 Å². The summed E-state index contributed by atoms with van der Waals surface area (Å²) in [6, 6.07) is 17.8. The molecule has 0 aliphatic carbocycles. The highest BCUT2D eigenvalue weighted by atomic mass is 35.5. The molecule has 0 saturated carbocycles. The molecule has 0 unspecified atom stereocenters. The van der Waals surface area contributed by atoms with Crippen molar-refractivity contribution in [2.24, 2.45) is 4.99 Å². The van der Waals surface area contributed by atoms with Gasteiger partial charge in [0.1, 0.15) is 5.02 Å². The van der Waals surface area contributed by atoms with E-state index in [1.807, 2.05) is 42.5 Å². The Hall–Kier alpha value is -3.51. The summed E-state index contributed by atoms with van der Waals surface area (Å²) in [7, 11) is 0. The Morgan fingerprint density at radius 1 is 1.04 bits per heavy atom. The Labute approximate surface area is 158 Å². The molecule has 0 radical (unpaired) electrons. The smallest absolute Gasteiger partial charge is 0.363 e. The van der Waals surface area contributed by atoms with Gasteiger partial charge in [0.05, 0.1) is 4.92 Å². The molecule has 7 heteroatoms. The number of fused-ring (bicyclic) bond motifs is 1. The van der Waals surface area contributed by atoms with Crippen molar-refractivity contribution in [3.8, 4) is 0 Å². The number of aliphatic imine (C=N–C) groups is 1. The molecule has 3 aromatic carbocycles. The number of hydrogen-bond donors (Lipinski definition) is 0. The molecule has 0 N–H and O–H groups in total. The standard InChI is InChI=1S/C20H11ClN2O4/c21-16-8-7-15(11-18(16)23(25)26)19-22-17(20(24)27-19)10-12-5-6-13-3-1-2-4-14(13)9-12/h1-11H. The van der Waals surface area contributed by atoms with E-state index >= 15 is 0 Å². The Kier molecular flexibility index (Phi) is 4.18. The van der Waals surface area contributed by atoms with E-state index in [1.54, 1.807) is 6.08 Å². The van der Waals surface area contributed by atoms with E-state index in [-0.39, 0.29) is 22.3 Å². The molecular formula is C20H11ClN2O4. The van der Waals surface area contributed by atoms with E-state index in [2.05, 4.69) is 4.99 Å². The third kappa shape index (κ3) is 3.30. The predicted octanol–water partition coefficient (Wildman–Crippen LogP) is 4.75. The number of benzene rings is 3. The molecule has 1 aliphatic rings. The van der Waals surface area contributed by atoms with Crippen LogP contribution in [-0.4, -0.2) is 16.8 Å². The Morgan fingerprint density at radius 3 is 2.59 bits per heavy atom. The highest BCUT2D eigenvalue weighted by Gasteiger charge is 2.26. The van der Waals surface area contributed by atoms with Crippen LogP contribution >= 0.6 is 11.6 Å². The topological polar surface area (TPSA) is 81.8 Å². The number of halogens is 1. The van der Waals surface area contributed by atoms with Crippen molar-refractivity contribution in [2.75, 3.05) is 0 Å². The lowest BCUT2D eigenvalue weighted by atomic mass is 10.1. The minimum Gasteiger partial charge on any atom is -0.402 e. The molecule has 0 atom stereocenters. The maximum Gasteiger partial charge on any atom is 0.363 e. The van der Waals surface area contributed by atoms with Crippen LogP contribution < -0.4 is 0 Å². The molecule has 3 aromatic rings. The highest BCUT2D eigenvalue weighted by molar-refractivity contribution is 6.32. The minimum atomic E-state index is -0.615. The van der Waals surface area contributed by atoms with Crippen LogP contribution in [0.4, 0.5) is 5.69 Å². The fourth-order valence-corrected chi connectivity index (χ4v) is 2.96. The number of nitro groups is 1. The van der Waals surface area contributed by atoms with Gasteiger partial charge in [0.25, 0.3) is 5.69 Å². The molecule has 27 heavy (non-hydrogen) atoms. The van der Waals surface area contributed by atoms with Gasteiger partial charge < -0.3 is 4.74 Å². The minimum absolute atomic E-state index is 0.000558. The van der Waals surface area contributed by atoms with Crippen molar-refractivity contribution in [1.29, 1.82) is 0 Å². The van der Waals surface area contributed by atoms with Gasteiger partial charge in [-0.3, -0.25) is 10.1 Å². The maximum atomic E-state index is 12.1. The molecule has 1 aliphatic heterocycles. The van der Waals surface area contributed by atoms with E-state index in [9.17, 15) is 14.9 Å². The fraction of sp³-hybridized carbons (Fsp3) is 0. The number of ether oxygens (including phenoxy) is 1. The second kappa shape index (κ2) is 6.66. The zero-order valence-corrected chi connectivity index (χ0v) is 14.5. The second-order valence-corrected chi connectivity index (χ2v) is 6.27. The Balaban J connectivity index is 1.71. The van der Waals surface area contributed by atoms with Crippen LogP contribution in [0, 0.1) is 10.1 Å². The monoisotopic (exact) mass is 378 g/mol. The molecule has 6 nitrogen and oxygen atoms in total. The zero-order chi connectivity index (χ0) is 19.0. The first-order chi connectivity index (χ1) is 13.0. The molecule has 4 rings (SSSR count).